The van der Waals surface area contributed by atoms with Crippen LogP contribution in [-0.4, -0.2) is 29.6 Å². The minimum Gasteiger partial charge on any atom is -0.391 e. The molecular weight excluding hydrogens is 306 g/mol. The first-order chi connectivity index (χ1) is 11.6. The van der Waals surface area contributed by atoms with Gasteiger partial charge in [0.2, 0.25) is 0 Å². The summed E-state index contributed by atoms with van der Waals surface area (Å²) in [5, 5.41) is 23.6. The fourth-order valence-corrected chi connectivity index (χ4v) is 2.12. The monoisotopic (exact) mass is 323 g/mol. The molecule has 3 N–H and O–H groups in total. The van der Waals surface area contributed by atoms with E-state index in [1.54, 1.807) is 12.1 Å². The Labute approximate surface area is 139 Å². The summed E-state index contributed by atoms with van der Waals surface area (Å²) < 4.78 is 0. The number of hydrogen-bond acceptors (Lipinski definition) is 4. The van der Waals surface area contributed by atoms with E-state index < -0.39 is 17.9 Å². The largest absolute Gasteiger partial charge is 0.391 e. The number of para-hydroxylation sites is 1. The molecule has 2 aromatic rings. The number of benzene rings is 2. The first kappa shape index (κ1) is 17.2. The van der Waals surface area contributed by atoms with Crippen LogP contribution in [0.4, 0.5) is 5.69 Å². The maximum Gasteiger partial charge on any atom is 0.313 e. The van der Waals surface area contributed by atoms with E-state index >= 15 is 0 Å². The Morgan fingerprint density at radius 1 is 1.04 bits per heavy atom. The summed E-state index contributed by atoms with van der Waals surface area (Å²) in [7, 11) is 0. The van der Waals surface area contributed by atoms with Crippen LogP contribution in [0, 0.1) is 11.3 Å². The molecule has 2 rings (SSSR count). The van der Waals surface area contributed by atoms with Crippen molar-refractivity contribution < 1.29 is 14.7 Å². The molecule has 122 valence electrons. The molecule has 6 nitrogen and oxygen atoms in total. The van der Waals surface area contributed by atoms with E-state index in [1.165, 1.54) is 12.1 Å². The van der Waals surface area contributed by atoms with E-state index in [2.05, 4.69) is 10.6 Å². The fraction of sp³-hybridized carbons (Fsp3) is 0.167. The number of carbonyl (C=O) groups excluding carboxylic acids is 2. The number of hydrogen-bond donors (Lipinski definition) is 3. The molecule has 0 aliphatic carbocycles. The van der Waals surface area contributed by atoms with Gasteiger partial charge in [0.1, 0.15) is 6.07 Å². The molecule has 0 heterocycles. The molecule has 0 unspecified atom stereocenters. The van der Waals surface area contributed by atoms with Crippen LogP contribution in [0.5, 0.6) is 0 Å². The molecule has 2 aromatic carbocycles. The standard InChI is InChI=1S/C18H17N3O3/c19-11-14-8-4-5-9-16(14)21-18(24)17(23)20-12-15(22)10-13-6-2-1-3-7-13/h1-9,15,22H,10,12H2,(H,20,23)(H,21,24)/t15-/m1/s1. The summed E-state index contributed by atoms with van der Waals surface area (Å²) >= 11 is 0. The van der Waals surface area contributed by atoms with Crippen molar-refractivity contribution in [1.29, 1.82) is 5.26 Å². The molecule has 6 heteroatoms. The van der Waals surface area contributed by atoms with Gasteiger partial charge in [-0.05, 0) is 17.7 Å². The highest BCUT2D eigenvalue weighted by Crippen LogP contribution is 2.13. The summed E-state index contributed by atoms with van der Waals surface area (Å²) in [4.78, 5) is 23.6. The summed E-state index contributed by atoms with van der Waals surface area (Å²) in [6, 6.07) is 17.7. The number of aliphatic hydroxyl groups is 1. The van der Waals surface area contributed by atoms with E-state index in [-0.39, 0.29) is 17.8 Å². The first-order valence-corrected chi connectivity index (χ1v) is 7.40. The fourth-order valence-electron chi connectivity index (χ4n) is 2.12. The maximum absolute atomic E-state index is 11.8. The number of anilines is 1. The van der Waals surface area contributed by atoms with Gasteiger partial charge < -0.3 is 15.7 Å². The van der Waals surface area contributed by atoms with Crippen molar-refractivity contribution in [2.75, 3.05) is 11.9 Å². The van der Waals surface area contributed by atoms with Crippen LogP contribution in [-0.2, 0) is 16.0 Å². The van der Waals surface area contributed by atoms with Gasteiger partial charge in [-0.1, -0.05) is 42.5 Å². The van der Waals surface area contributed by atoms with Crippen LogP contribution in [0.25, 0.3) is 0 Å². The number of carbonyl (C=O) groups is 2. The van der Waals surface area contributed by atoms with Gasteiger partial charge >= 0.3 is 11.8 Å². The molecule has 0 radical (unpaired) electrons. The van der Waals surface area contributed by atoms with Gasteiger partial charge in [-0.15, -0.1) is 0 Å². The predicted molar refractivity (Wildman–Crippen MR) is 88.9 cm³/mol. The van der Waals surface area contributed by atoms with Gasteiger partial charge in [0.15, 0.2) is 0 Å². The van der Waals surface area contributed by atoms with Crippen molar-refractivity contribution in [3.05, 3.63) is 65.7 Å². The Kier molecular flexibility index (Phi) is 6.06. The van der Waals surface area contributed by atoms with Crippen molar-refractivity contribution in [2.45, 2.75) is 12.5 Å². The second kappa shape index (κ2) is 8.46. The predicted octanol–water partition coefficient (Wildman–Crippen LogP) is 1.22. The summed E-state index contributed by atoms with van der Waals surface area (Å²) in [6.07, 6.45) is -0.421. The molecule has 24 heavy (non-hydrogen) atoms. The summed E-state index contributed by atoms with van der Waals surface area (Å²) in [5.74, 6) is -1.75. The number of rotatable bonds is 5. The van der Waals surface area contributed by atoms with E-state index in [9.17, 15) is 14.7 Å². The zero-order chi connectivity index (χ0) is 17.4. The molecule has 2 amide bonds. The maximum atomic E-state index is 11.8. The molecule has 0 spiro atoms. The molecule has 0 saturated carbocycles. The van der Waals surface area contributed by atoms with Crippen molar-refractivity contribution in [3.63, 3.8) is 0 Å². The highest BCUT2D eigenvalue weighted by molar-refractivity contribution is 6.39. The van der Waals surface area contributed by atoms with Gasteiger partial charge in [0.25, 0.3) is 0 Å². The van der Waals surface area contributed by atoms with Gasteiger partial charge in [0.05, 0.1) is 17.4 Å². The van der Waals surface area contributed by atoms with Crippen molar-refractivity contribution >= 4 is 17.5 Å². The van der Waals surface area contributed by atoms with E-state index in [4.69, 9.17) is 5.26 Å². The number of nitrogens with zero attached hydrogens (tertiary/aromatic N) is 1. The van der Waals surface area contributed by atoms with Gasteiger partial charge in [-0.2, -0.15) is 5.26 Å². The van der Waals surface area contributed by atoms with Crippen molar-refractivity contribution in [2.24, 2.45) is 0 Å². The van der Waals surface area contributed by atoms with Crippen LogP contribution in [0.2, 0.25) is 0 Å². The minimum atomic E-state index is -0.885. The second-order valence-corrected chi connectivity index (χ2v) is 5.17. The Hall–Kier alpha value is -3.17. The normalized spacial score (nSPS) is 11.2. The number of amides is 2. The highest BCUT2D eigenvalue weighted by Gasteiger charge is 2.16. The number of nitriles is 1. The SMILES string of the molecule is N#Cc1ccccc1NC(=O)C(=O)NC[C@H](O)Cc1ccccc1. The third kappa shape index (κ3) is 4.93. The zero-order valence-electron chi connectivity index (χ0n) is 12.9. The Morgan fingerprint density at radius 3 is 2.42 bits per heavy atom. The third-order valence-electron chi connectivity index (χ3n) is 3.31. The Balaban J connectivity index is 1.83. The number of nitrogens with one attached hydrogen (secondary N) is 2. The molecule has 0 bridgehead atoms. The molecule has 0 fully saturated rings. The lowest BCUT2D eigenvalue weighted by Gasteiger charge is -2.12. The van der Waals surface area contributed by atoms with E-state index in [0.717, 1.165) is 5.56 Å². The van der Waals surface area contributed by atoms with Gasteiger partial charge in [-0.25, -0.2) is 0 Å². The van der Waals surface area contributed by atoms with Crippen LogP contribution < -0.4 is 10.6 Å². The third-order valence-corrected chi connectivity index (χ3v) is 3.31. The van der Waals surface area contributed by atoms with Crippen molar-refractivity contribution in [1.82, 2.24) is 5.32 Å². The van der Waals surface area contributed by atoms with Crippen LogP contribution in [0.1, 0.15) is 11.1 Å². The average molecular weight is 323 g/mol. The lowest BCUT2D eigenvalue weighted by Crippen LogP contribution is -2.40. The van der Waals surface area contributed by atoms with E-state index in [1.807, 2.05) is 36.4 Å². The highest BCUT2D eigenvalue weighted by atomic mass is 16.3. The van der Waals surface area contributed by atoms with Crippen LogP contribution >= 0.6 is 0 Å². The topological polar surface area (TPSA) is 102 Å². The zero-order valence-corrected chi connectivity index (χ0v) is 12.9. The average Bonchev–Trinajstić information content (AvgIpc) is 2.61. The molecule has 0 aliphatic heterocycles. The van der Waals surface area contributed by atoms with Crippen molar-refractivity contribution in [3.8, 4) is 6.07 Å². The molecule has 1 atom stereocenters. The lowest BCUT2D eigenvalue weighted by atomic mass is 10.1. The summed E-state index contributed by atoms with van der Waals surface area (Å²) in [6.45, 7) is -0.0406. The first-order valence-electron chi connectivity index (χ1n) is 7.40. The van der Waals surface area contributed by atoms with E-state index in [0.29, 0.717) is 6.42 Å². The Morgan fingerprint density at radius 2 is 1.71 bits per heavy atom. The lowest BCUT2D eigenvalue weighted by molar-refractivity contribution is -0.136. The molecule has 0 aliphatic rings. The van der Waals surface area contributed by atoms with Gasteiger partial charge in [-0.3, -0.25) is 9.59 Å². The smallest absolute Gasteiger partial charge is 0.313 e. The van der Waals surface area contributed by atoms with Gasteiger partial charge in [0, 0.05) is 13.0 Å². The molecule has 0 aromatic heterocycles. The minimum absolute atomic E-state index is 0.0406. The second-order valence-electron chi connectivity index (χ2n) is 5.17. The van der Waals surface area contributed by atoms with Crippen LogP contribution in [0.15, 0.2) is 54.6 Å². The molecular formula is C18H17N3O3. The summed E-state index contributed by atoms with van der Waals surface area (Å²) in [5.41, 5.74) is 1.47. The number of aliphatic hydroxyl groups excluding tert-OH is 1. The van der Waals surface area contributed by atoms with Crippen LogP contribution in [0.3, 0.4) is 0 Å². The molecule has 0 saturated heterocycles. The quantitative estimate of drug-likeness (QED) is 0.720. The Bertz CT molecular complexity index is 754.